The molecule has 0 aromatic heterocycles. The lowest BCUT2D eigenvalue weighted by Gasteiger charge is -2.31. The Kier molecular flexibility index (Phi) is 5.87. The van der Waals surface area contributed by atoms with E-state index in [-0.39, 0.29) is 6.61 Å². The van der Waals surface area contributed by atoms with Crippen molar-refractivity contribution in [3.05, 3.63) is 29.3 Å². The minimum atomic E-state index is -1.54. The van der Waals surface area contributed by atoms with Crippen molar-refractivity contribution in [3.8, 4) is 0 Å². The van der Waals surface area contributed by atoms with Gasteiger partial charge in [0.15, 0.2) is 0 Å². The number of anilines is 1. The molecule has 6 nitrogen and oxygen atoms in total. The highest BCUT2D eigenvalue weighted by Crippen LogP contribution is 2.31. The van der Waals surface area contributed by atoms with Crippen LogP contribution in [0.4, 0.5) is 5.69 Å². The van der Waals surface area contributed by atoms with E-state index in [9.17, 15) is 14.7 Å². The van der Waals surface area contributed by atoms with E-state index >= 15 is 0 Å². The van der Waals surface area contributed by atoms with Crippen molar-refractivity contribution in [1.29, 1.82) is 0 Å². The smallest absolute Gasteiger partial charge is 0.394 e. The first-order chi connectivity index (χ1) is 9.81. The van der Waals surface area contributed by atoms with Gasteiger partial charge in [0.2, 0.25) is 0 Å². The Hall–Kier alpha value is -1.92. The first-order valence-corrected chi connectivity index (χ1v) is 6.64. The normalized spacial score (nSPS) is 13.6. The molecule has 0 aliphatic carbocycles. The lowest BCUT2D eigenvalue weighted by molar-refractivity contribution is -0.149. The maximum absolute atomic E-state index is 12.1. The van der Waals surface area contributed by atoms with Crippen LogP contribution in [0, 0.1) is 6.92 Å². The van der Waals surface area contributed by atoms with E-state index < -0.39 is 24.0 Å². The second kappa shape index (κ2) is 7.19. The molecule has 0 aliphatic heterocycles. The summed E-state index contributed by atoms with van der Waals surface area (Å²) in [5.41, 5.74) is 1.64. The molecule has 1 rings (SSSR count). The molecule has 0 saturated heterocycles. The number of aryl methyl sites for hydroxylation is 1. The molecule has 0 saturated carbocycles. The molecule has 2 unspecified atom stereocenters. The number of ether oxygens (including phenoxy) is 1. The average Bonchev–Trinajstić information content (AvgIpc) is 2.40. The molecule has 1 aromatic carbocycles. The minimum absolute atomic E-state index is 0.187. The highest BCUT2D eigenvalue weighted by Gasteiger charge is 2.30. The number of nitrogens with zero attached hydrogens (tertiary/aromatic N) is 1. The lowest BCUT2D eigenvalue weighted by Crippen LogP contribution is -2.45. The third-order valence-electron chi connectivity index (χ3n) is 3.21. The van der Waals surface area contributed by atoms with Gasteiger partial charge in [0.1, 0.15) is 0 Å². The number of hydrogen-bond donors (Lipinski definition) is 2. The van der Waals surface area contributed by atoms with Crippen molar-refractivity contribution in [2.24, 2.45) is 0 Å². The molecule has 0 bridgehead atoms. The summed E-state index contributed by atoms with van der Waals surface area (Å²) in [6.45, 7) is 5.22. The topological polar surface area (TPSA) is 87.1 Å². The molecule has 2 N–H and O–H groups in total. The number of aliphatic hydroxyl groups excluding tert-OH is 1. The Balaban J connectivity index is 3.45. The van der Waals surface area contributed by atoms with Gasteiger partial charge in [-0.3, -0.25) is 9.69 Å². The van der Waals surface area contributed by atoms with E-state index in [1.807, 2.05) is 0 Å². The molecule has 2 atom stereocenters. The van der Waals surface area contributed by atoms with Crippen LogP contribution in [0.15, 0.2) is 18.2 Å². The molecule has 6 heteroatoms. The molecule has 0 radical (unpaired) electrons. The van der Waals surface area contributed by atoms with Gasteiger partial charge in [-0.2, -0.15) is 0 Å². The number of carboxylic acids is 1. The Morgan fingerprint density at radius 2 is 1.95 bits per heavy atom. The van der Waals surface area contributed by atoms with Gasteiger partial charge in [0.05, 0.1) is 24.4 Å². The van der Waals surface area contributed by atoms with Gasteiger partial charge in [-0.05, 0) is 26.3 Å². The van der Waals surface area contributed by atoms with Crippen LogP contribution in [0.2, 0.25) is 0 Å². The predicted molar refractivity (Wildman–Crippen MR) is 78.3 cm³/mol. The maximum atomic E-state index is 12.1. The highest BCUT2D eigenvalue weighted by atomic mass is 16.5. The fraction of sp³-hybridized carbons (Fsp3) is 0.467. The number of hydrogen-bond acceptors (Lipinski definition) is 4. The van der Waals surface area contributed by atoms with Crippen molar-refractivity contribution >= 4 is 17.6 Å². The second-order valence-corrected chi connectivity index (χ2v) is 4.97. The Morgan fingerprint density at radius 3 is 2.43 bits per heavy atom. The van der Waals surface area contributed by atoms with Crippen molar-refractivity contribution < 1.29 is 24.5 Å². The van der Waals surface area contributed by atoms with Crippen LogP contribution in [0.3, 0.4) is 0 Å². The average molecular weight is 295 g/mol. The number of carbonyl (C=O) groups excluding carboxylic acids is 1. The molecule has 116 valence electrons. The van der Waals surface area contributed by atoms with E-state index in [0.717, 1.165) is 0 Å². The van der Waals surface area contributed by atoms with Crippen LogP contribution in [0.1, 0.15) is 31.1 Å². The highest BCUT2D eigenvalue weighted by molar-refractivity contribution is 6.37. The molecule has 0 heterocycles. The van der Waals surface area contributed by atoms with E-state index in [0.29, 0.717) is 16.8 Å². The Morgan fingerprint density at radius 1 is 1.33 bits per heavy atom. The summed E-state index contributed by atoms with van der Waals surface area (Å²) >= 11 is 0. The van der Waals surface area contributed by atoms with Crippen LogP contribution in [0.25, 0.3) is 0 Å². The van der Waals surface area contributed by atoms with E-state index in [1.54, 1.807) is 39.0 Å². The monoisotopic (exact) mass is 295 g/mol. The number of aliphatic carboxylic acids is 1. The van der Waals surface area contributed by atoms with Crippen molar-refractivity contribution in [1.82, 2.24) is 0 Å². The number of amides is 1. The number of aliphatic hydroxyl groups is 1. The van der Waals surface area contributed by atoms with Gasteiger partial charge < -0.3 is 14.9 Å². The summed E-state index contributed by atoms with van der Waals surface area (Å²) in [7, 11) is 1.48. The number of benzene rings is 1. The number of methoxy groups -OCH3 is 1. The fourth-order valence-corrected chi connectivity index (χ4v) is 2.29. The van der Waals surface area contributed by atoms with Crippen LogP contribution >= 0.6 is 0 Å². The van der Waals surface area contributed by atoms with Crippen molar-refractivity contribution in [3.63, 3.8) is 0 Å². The first kappa shape index (κ1) is 17.1. The van der Waals surface area contributed by atoms with Gasteiger partial charge >= 0.3 is 11.9 Å². The first-order valence-electron chi connectivity index (χ1n) is 6.64. The number of rotatable bonds is 5. The van der Waals surface area contributed by atoms with Crippen LogP contribution < -0.4 is 4.90 Å². The zero-order chi connectivity index (χ0) is 16.2. The molecule has 1 amide bonds. The maximum Gasteiger partial charge on any atom is 0.394 e. The summed E-state index contributed by atoms with van der Waals surface area (Å²) < 4.78 is 5.03. The molecular formula is C15H21NO5. The van der Waals surface area contributed by atoms with E-state index in [2.05, 4.69) is 0 Å². The van der Waals surface area contributed by atoms with Gasteiger partial charge in [0, 0.05) is 12.7 Å². The van der Waals surface area contributed by atoms with E-state index in [4.69, 9.17) is 9.84 Å². The fourth-order valence-electron chi connectivity index (χ4n) is 2.29. The standard InChI is InChI=1S/C15H21NO5/c1-9-6-5-7-12(11(3)17)13(9)16(10(2)8-21-4)14(18)15(19)20/h5-7,10-11,17H,8H2,1-4H3,(H,19,20). The van der Waals surface area contributed by atoms with Crippen molar-refractivity contribution in [2.45, 2.75) is 32.9 Å². The molecule has 0 aliphatic rings. The number of carboxylic acid groups (broad SMARTS) is 1. The SMILES string of the molecule is COCC(C)N(C(=O)C(=O)O)c1c(C)cccc1C(C)O. The number of carbonyl (C=O) groups is 2. The Bertz CT molecular complexity index is 527. The van der Waals surface area contributed by atoms with Gasteiger partial charge in [-0.15, -0.1) is 0 Å². The third kappa shape index (κ3) is 3.80. The molecule has 0 fully saturated rings. The summed E-state index contributed by atoms with van der Waals surface area (Å²) in [6.07, 6.45) is -0.821. The third-order valence-corrected chi connectivity index (χ3v) is 3.21. The minimum Gasteiger partial charge on any atom is -0.474 e. The summed E-state index contributed by atoms with van der Waals surface area (Å²) in [4.78, 5) is 24.4. The quantitative estimate of drug-likeness (QED) is 0.804. The summed E-state index contributed by atoms with van der Waals surface area (Å²) in [5, 5.41) is 19.0. The molecule has 1 aromatic rings. The van der Waals surface area contributed by atoms with Gasteiger partial charge in [-0.25, -0.2) is 4.79 Å². The van der Waals surface area contributed by atoms with Gasteiger partial charge in [0.25, 0.3) is 0 Å². The summed E-state index contributed by atoms with van der Waals surface area (Å²) in [6, 6.07) is 4.72. The predicted octanol–water partition coefficient (Wildman–Crippen LogP) is 1.50. The molecule has 0 spiro atoms. The lowest BCUT2D eigenvalue weighted by atomic mass is 10.0. The van der Waals surface area contributed by atoms with E-state index in [1.165, 1.54) is 12.0 Å². The largest absolute Gasteiger partial charge is 0.474 e. The molecule has 21 heavy (non-hydrogen) atoms. The van der Waals surface area contributed by atoms with Gasteiger partial charge in [-0.1, -0.05) is 18.2 Å². The van der Waals surface area contributed by atoms with Crippen molar-refractivity contribution in [2.75, 3.05) is 18.6 Å². The molecular weight excluding hydrogens is 274 g/mol. The van der Waals surface area contributed by atoms with Crippen LogP contribution in [0.5, 0.6) is 0 Å². The Labute approximate surface area is 124 Å². The number of para-hydroxylation sites is 1. The zero-order valence-electron chi connectivity index (χ0n) is 12.7. The van der Waals surface area contributed by atoms with Crippen LogP contribution in [-0.4, -0.2) is 41.8 Å². The summed E-state index contributed by atoms with van der Waals surface area (Å²) in [5.74, 6) is -2.59. The zero-order valence-corrected chi connectivity index (χ0v) is 12.7. The second-order valence-electron chi connectivity index (χ2n) is 4.97. The van der Waals surface area contributed by atoms with Crippen LogP contribution in [-0.2, 0) is 14.3 Å².